The SMILES string of the molecule is CN1C(=O)[C@@H](NC(=O)C(F)(F)F)COc2cc(NC(=O)C(F)(F)F)c(Br)cc21. The molecule has 0 unspecified atom stereocenters. The lowest BCUT2D eigenvalue weighted by Crippen LogP contribution is -2.52. The molecule has 1 aromatic carbocycles. The number of anilines is 2. The molecule has 0 aromatic heterocycles. The van der Waals surface area contributed by atoms with Gasteiger partial charge in [0, 0.05) is 17.6 Å². The van der Waals surface area contributed by atoms with Crippen molar-refractivity contribution in [3.8, 4) is 5.75 Å². The maximum atomic E-state index is 12.4. The maximum absolute atomic E-state index is 12.4. The van der Waals surface area contributed by atoms with Crippen molar-refractivity contribution < 1.29 is 45.5 Å². The van der Waals surface area contributed by atoms with Crippen molar-refractivity contribution in [2.45, 2.75) is 18.4 Å². The van der Waals surface area contributed by atoms with Gasteiger partial charge in [0.2, 0.25) is 0 Å². The molecule has 1 aliphatic heterocycles. The maximum Gasteiger partial charge on any atom is 0.471 e. The van der Waals surface area contributed by atoms with E-state index in [4.69, 9.17) is 4.74 Å². The molecule has 28 heavy (non-hydrogen) atoms. The zero-order chi connectivity index (χ0) is 21.4. The van der Waals surface area contributed by atoms with Gasteiger partial charge in [-0.2, -0.15) is 26.3 Å². The van der Waals surface area contributed by atoms with Crippen LogP contribution in [0.3, 0.4) is 0 Å². The number of carbonyl (C=O) groups is 3. The second-order valence-corrected chi connectivity index (χ2v) is 6.34. The van der Waals surface area contributed by atoms with Gasteiger partial charge in [-0.05, 0) is 22.0 Å². The molecule has 2 N–H and O–H groups in total. The number of carbonyl (C=O) groups excluding carboxylic acids is 3. The van der Waals surface area contributed by atoms with Crippen molar-refractivity contribution in [1.82, 2.24) is 5.32 Å². The Morgan fingerprint density at radius 3 is 2.25 bits per heavy atom. The van der Waals surface area contributed by atoms with Crippen molar-refractivity contribution in [3.63, 3.8) is 0 Å². The van der Waals surface area contributed by atoms with E-state index < -0.39 is 42.7 Å². The highest BCUT2D eigenvalue weighted by Crippen LogP contribution is 2.39. The summed E-state index contributed by atoms with van der Waals surface area (Å²) in [5.74, 6) is -5.76. The molecule has 2 rings (SSSR count). The number of alkyl halides is 6. The molecule has 3 amide bonds. The highest BCUT2D eigenvalue weighted by atomic mass is 79.9. The van der Waals surface area contributed by atoms with Crippen LogP contribution in [0.5, 0.6) is 5.75 Å². The number of benzene rings is 1. The van der Waals surface area contributed by atoms with Crippen LogP contribution in [0.15, 0.2) is 16.6 Å². The van der Waals surface area contributed by atoms with E-state index in [1.54, 1.807) is 5.32 Å². The fourth-order valence-corrected chi connectivity index (χ4v) is 2.58. The molecule has 1 heterocycles. The number of halogens is 7. The molecule has 0 spiro atoms. The van der Waals surface area contributed by atoms with Gasteiger partial charge in [0.05, 0.1) is 11.4 Å². The van der Waals surface area contributed by atoms with Gasteiger partial charge in [0.1, 0.15) is 18.4 Å². The zero-order valence-corrected chi connectivity index (χ0v) is 15.3. The third-order valence-corrected chi connectivity index (χ3v) is 4.17. The standard InChI is InChI=1S/C14H10BrF6N3O4/c1-24-8-2-5(15)6(22-11(26)13(16,17)18)3-9(8)28-4-7(10(24)25)23-12(27)14(19,20)21/h2-3,7H,4H2,1H3,(H,22,26)(H,23,27)/t7-/m0/s1. The van der Waals surface area contributed by atoms with E-state index in [1.165, 1.54) is 12.4 Å². The molecular formula is C14H10BrF6N3O4. The smallest absolute Gasteiger partial charge is 0.471 e. The molecular weight excluding hydrogens is 468 g/mol. The molecule has 0 saturated carbocycles. The molecule has 154 valence electrons. The van der Waals surface area contributed by atoms with E-state index in [1.807, 2.05) is 0 Å². The minimum absolute atomic E-state index is 0.00867. The van der Waals surface area contributed by atoms with Crippen molar-refractivity contribution in [2.24, 2.45) is 0 Å². The number of nitrogens with one attached hydrogen (secondary N) is 2. The predicted octanol–water partition coefficient (Wildman–Crippen LogP) is 2.35. The van der Waals surface area contributed by atoms with Gasteiger partial charge in [-0.3, -0.25) is 14.4 Å². The van der Waals surface area contributed by atoms with Gasteiger partial charge in [0.25, 0.3) is 5.91 Å². The van der Waals surface area contributed by atoms with Crippen LogP contribution in [0.25, 0.3) is 0 Å². The highest BCUT2D eigenvalue weighted by Gasteiger charge is 2.42. The largest absolute Gasteiger partial charge is 0.489 e. The first kappa shape index (κ1) is 21.8. The van der Waals surface area contributed by atoms with Gasteiger partial charge in [0.15, 0.2) is 0 Å². The van der Waals surface area contributed by atoms with E-state index in [2.05, 4.69) is 15.9 Å². The molecule has 1 aromatic rings. The van der Waals surface area contributed by atoms with Crippen LogP contribution in [0.1, 0.15) is 0 Å². The molecule has 0 aliphatic carbocycles. The van der Waals surface area contributed by atoms with Gasteiger partial charge in [-0.15, -0.1) is 0 Å². The number of hydrogen-bond acceptors (Lipinski definition) is 4. The van der Waals surface area contributed by atoms with Gasteiger partial charge >= 0.3 is 24.2 Å². The summed E-state index contributed by atoms with van der Waals surface area (Å²) >= 11 is 2.93. The third kappa shape index (κ3) is 4.66. The van der Waals surface area contributed by atoms with Gasteiger partial charge in [-0.1, -0.05) is 0 Å². The summed E-state index contributed by atoms with van der Waals surface area (Å²) in [6.07, 6.45) is -10.4. The van der Waals surface area contributed by atoms with E-state index in [0.717, 1.165) is 17.0 Å². The Kier molecular flexibility index (Phi) is 5.82. The van der Waals surface area contributed by atoms with Gasteiger partial charge < -0.3 is 20.3 Å². The molecule has 1 aliphatic rings. The van der Waals surface area contributed by atoms with Crippen molar-refractivity contribution in [3.05, 3.63) is 16.6 Å². The Morgan fingerprint density at radius 2 is 1.71 bits per heavy atom. The zero-order valence-electron chi connectivity index (χ0n) is 13.7. The summed E-state index contributed by atoms with van der Waals surface area (Å²) in [5, 5.41) is 3.08. The van der Waals surface area contributed by atoms with Crippen LogP contribution in [0.4, 0.5) is 37.7 Å². The van der Waals surface area contributed by atoms with Crippen molar-refractivity contribution in [2.75, 3.05) is 23.9 Å². The number of likely N-dealkylation sites (N-methyl/N-ethyl adjacent to an activating group) is 1. The van der Waals surface area contributed by atoms with Crippen LogP contribution in [-0.2, 0) is 14.4 Å². The van der Waals surface area contributed by atoms with E-state index in [9.17, 15) is 40.7 Å². The average molecular weight is 478 g/mol. The lowest BCUT2D eigenvalue weighted by Gasteiger charge is -2.21. The number of rotatable bonds is 2. The van der Waals surface area contributed by atoms with E-state index in [-0.39, 0.29) is 21.6 Å². The van der Waals surface area contributed by atoms with Crippen LogP contribution in [-0.4, -0.2) is 49.8 Å². The number of nitrogens with zero attached hydrogens (tertiary/aromatic N) is 1. The summed E-state index contributed by atoms with van der Waals surface area (Å²) in [5.41, 5.74) is -0.356. The first-order chi connectivity index (χ1) is 12.7. The van der Waals surface area contributed by atoms with Crippen LogP contribution < -0.4 is 20.3 Å². The minimum atomic E-state index is -5.23. The Hall–Kier alpha value is -2.51. The molecule has 0 saturated heterocycles. The molecule has 1 atom stereocenters. The first-order valence-corrected chi connectivity index (χ1v) is 8.01. The highest BCUT2D eigenvalue weighted by molar-refractivity contribution is 9.10. The van der Waals surface area contributed by atoms with E-state index in [0.29, 0.717) is 0 Å². The average Bonchev–Trinajstić information content (AvgIpc) is 2.66. The fourth-order valence-electron chi connectivity index (χ4n) is 2.15. The second-order valence-electron chi connectivity index (χ2n) is 5.48. The lowest BCUT2D eigenvalue weighted by molar-refractivity contribution is -0.174. The summed E-state index contributed by atoms with van der Waals surface area (Å²) in [6, 6.07) is 0.395. The van der Waals surface area contributed by atoms with Crippen molar-refractivity contribution in [1.29, 1.82) is 0 Å². The number of hydrogen-bond donors (Lipinski definition) is 2. The molecule has 0 fully saturated rings. The lowest BCUT2D eigenvalue weighted by atomic mass is 10.2. The summed E-state index contributed by atoms with van der Waals surface area (Å²) in [4.78, 5) is 35.3. The Morgan fingerprint density at radius 1 is 1.14 bits per heavy atom. The Balaban J connectivity index is 2.30. The fraction of sp³-hybridized carbons (Fsp3) is 0.357. The normalized spacial score (nSPS) is 17.4. The monoisotopic (exact) mass is 477 g/mol. The molecule has 14 heteroatoms. The number of ether oxygens (including phenoxy) is 1. The minimum Gasteiger partial charge on any atom is -0.489 e. The van der Waals surface area contributed by atoms with E-state index >= 15 is 0 Å². The summed E-state index contributed by atoms with van der Waals surface area (Å²) < 4.78 is 79.6. The van der Waals surface area contributed by atoms with Crippen molar-refractivity contribution >= 4 is 45.0 Å². The molecule has 0 bridgehead atoms. The van der Waals surface area contributed by atoms with Crippen LogP contribution in [0, 0.1) is 0 Å². The third-order valence-electron chi connectivity index (χ3n) is 3.51. The topological polar surface area (TPSA) is 87.7 Å². The summed E-state index contributed by atoms with van der Waals surface area (Å²) in [7, 11) is 1.17. The quantitative estimate of drug-likeness (QED) is 0.640. The molecule has 0 radical (unpaired) electrons. The number of amides is 3. The predicted molar refractivity (Wildman–Crippen MR) is 85.7 cm³/mol. The Labute approximate surface area is 161 Å². The second kappa shape index (κ2) is 7.48. The molecule has 7 nitrogen and oxygen atoms in total. The summed E-state index contributed by atoms with van der Waals surface area (Å²) in [6.45, 7) is -0.716. The van der Waals surface area contributed by atoms with Gasteiger partial charge in [-0.25, -0.2) is 0 Å². The van der Waals surface area contributed by atoms with Crippen LogP contribution >= 0.6 is 15.9 Å². The Bertz CT molecular complexity index is 827. The number of fused-ring (bicyclic) bond motifs is 1. The van der Waals surface area contributed by atoms with Crippen LogP contribution in [0.2, 0.25) is 0 Å². The first-order valence-electron chi connectivity index (χ1n) is 7.21.